The Kier molecular flexibility index (Phi) is 3.02. The lowest BCUT2D eigenvalue weighted by atomic mass is 10.2. The molecule has 0 aromatic heterocycles. The Morgan fingerprint density at radius 3 is 2.82 bits per heavy atom. The summed E-state index contributed by atoms with van der Waals surface area (Å²) >= 11 is 8.09. The van der Waals surface area contributed by atoms with Crippen LogP contribution in [0.3, 0.4) is 0 Å². The Labute approximate surface area is 79.9 Å². The Balaban J connectivity index is 2.98. The summed E-state index contributed by atoms with van der Waals surface area (Å²) in [7, 11) is 0. The van der Waals surface area contributed by atoms with Gasteiger partial charge in [0.25, 0.3) is 0 Å². The van der Waals surface area contributed by atoms with Crippen LogP contribution < -0.4 is 5.32 Å². The van der Waals surface area contributed by atoms with Crippen molar-refractivity contribution in [2.24, 2.45) is 0 Å². The van der Waals surface area contributed by atoms with E-state index < -0.39 is 0 Å². The minimum atomic E-state index is 1.01. The van der Waals surface area contributed by atoms with Crippen LogP contribution in [-0.4, -0.2) is 5.49 Å². The van der Waals surface area contributed by atoms with Crippen molar-refractivity contribution in [2.45, 2.75) is 6.92 Å². The van der Waals surface area contributed by atoms with Gasteiger partial charge >= 0.3 is 0 Å². The number of halogens is 1. The molecule has 0 bridgehead atoms. The van der Waals surface area contributed by atoms with Gasteiger partial charge in [0, 0.05) is 4.47 Å². The third-order valence-electron chi connectivity index (χ3n) is 1.34. The third kappa shape index (κ3) is 2.27. The molecule has 0 spiro atoms. The minimum absolute atomic E-state index is 1.01. The number of benzene rings is 1. The average Bonchev–Trinajstić information content (AvgIpc) is 1.95. The summed E-state index contributed by atoms with van der Waals surface area (Å²) in [5.41, 5.74) is 3.73. The lowest BCUT2D eigenvalue weighted by molar-refractivity contribution is 1.45. The van der Waals surface area contributed by atoms with Gasteiger partial charge in [-0.1, -0.05) is 18.3 Å². The monoisotopic (exact) mass is 229 g/mol. The van der Waals surface area contributed by atoms with Crippen molar-refractivity contribution in [3.8, 4) is 0 Å². The third-order valence-corrected chi connectivity index (χ3v) is 2.11. The summed E-state index contributed by atoms with van der Waals surface area (Å²) in [5.74, 6) is 0. The summed E-state index contributed by atoms with van der Waals surface area (Å²) in [6.45, 7) is 2.05. The standard InChI is InChI=1S/C8H8BrNS/c1-6-2-3-8(10-5-11)7(9)4-6/h2-5H,1H3,(H,10,11). The minimum Gasteiger partial charge on any atom is -0.352 e. The number of aryl methyl sites for hydroxylation is 1. The van der Waals surface area contributed by atoms with Crippen LogP contribution in [0.5, 0.6) is 0 Å². The maximum absolute atomic E-state index is 4.67. The molecule has 1 aromatic rings. The number of thiocarbonyl (C=S) groups is 1. The normalized spacial score (nSPS) is 9.27. The molecule has 1 aromatic carbocycles. The number of anilines is 1. The van der Waals surface area contributed by atoms with Gasteiger partial charge in [0.15, 0.2) is 0 Å². The van der Waals surface area contributed by atoms with Crippen LogP contribution >= 0.6 is 28.1 Å². The molecule has 0 saturated carbocycles. The Hall–Kier alpha value is -0.410. The van der Waals surface area contributed by atoms with Crippen molar-refractivity contribution in [3.05, 3.63) is 28.2 Å². The highest BCUT2D eigenvalue weighted by atomic mass is 79.9. The second-order valence-electron chi connectivity index (χ2n) is 2.25. The first-order valence-electron chi connectivity index (χ1n) is 3.20. The maximum Gasteiger partial charge on any atom is 0.0659 e. The van der Waals surface area contributed by atoms with Gasteiger partial charge in [0.1, 0.15) is 0 Å². The fraction of sp³-hybridized carbons (Fsp3) is 0.125. The first kappa shape index (κ1) is 8.68. The van der Waals surface area contributed by atoms with Gasteiger partial charge in [-0.3, -0.25) is 0 Å². The van der Waals surface area contributed by atoms with E-state index in [1.165, 1.54) is 11.1 Å². The SMILES string of the molecule is Cc1ccc(NC=S)c(Br)c1. The van der Waals surface area contributed by atoms with E-state index in [-0.39, 0.29) is 0 Å². The molecule has 58 valence electrons. The molecular weight excluding hydrogens is 222 g/mol. The molecule has 1 rings (SSSR count). The lowest BCUT2D eigenvalue weighted by Crippen LogP contribution is -1.92. The van der Waals surface area contributed by atoms with Gasteiger partial charge in [-0.25, -0.2) is 0 Å². The van der Waals surface area contributed by atoms with Gasteiger partial charge in [-0.15, -0.1) is 0 Å². The highest BCUT2D eigenvalue weighted by Crippen LogP contribution is 2.22. The van der Waals surface area contributed by atoms with Crippen molar-refractivity contribution < 1.29 is 0 Å². The van der Waals surface area contributed by atoms with Gasteiger partial charge in [-0.2, -0.15) is 0 Å². The van der Waals surface area contributed by atoms with Crippen LogP contribution in [0, 0.1) is 6.92 Å². The predicted octanol–water partition coefficient (Wildman–Crippen LogP) is 3.13. The summed E-state index contributed by atoms with van der Waals surface area (Å²) in [6, 6.07) is 6.06. The second kappa shape index (κ2) is 3.83. The van der Waals surface area contributed by atoms with Crippen LogP contribution in [0.1, 0.15) is 5.56 Å². The topological polar surface area (TPSA) is 12.0 Å². The number of hydrogen-bond acceptors (Lipinski definition) is 1. The molecule has 0 unspecified atom stereocenters. The molecule has 0 radical (unpaired) electrons. The molecule has 0 heterocycles. The summed E-state index contributed by atoms with van der Waals surface area (Å²) in [4.78, 5) is 0. The number of nitrogens with one attached hydrogen (secondary N) is 1. The first-order chi connectivity index (χ1) is 5.24. The van der Waals surface area contributed by atoms with Crippen molar-refractivity contribution in [2.75, 3.05) is 5.32 Å². The van der Waals surface area contributed by atoms with Crippen LogP contribution in [0.15, 0.2) is 22.7 Å². The molecule has 0 fully saturated rings. The Bertz CT molecular complexity index is 273. The number of hydrogen-bond donors (Lipinski definition) is 1. The van der Waals surface area contributed by atoms with E-state index in [2.05, 4.69) is 33.5 Å². The van der Waals surface area contributed by atoms with Crippen LogP contribution in [-0.2, 0) is 0 Å². The molecular formula is C8H8BrNS. The van der Waals surface area contributed by atoms with Gasteiger partial charge in [0.2, 0.25) is 0 Å². The zero-order valence-corrected chi connectivity index (χ0v) is 8.50. The van der Waals surface area contributed by atoms with E-state index in [4.69, 9.17) is 0 Å². The smallest absolute Gasteiger partial charge is 0.0659 e. The molecule has 0 aliphatic rings. The molecule has 0 atom stereocenters. The van der Waals surface area contributed by atoms with Crippen molar-refractivity contribution in [3.63, 3.8) is 0 Å². The van der Waals surface area contributed by atoms with E-state index in [0.717, 1.165) is 10.2 Å². The zero-order chi connectivity index (χ0) is 8.27. The maximum atomic E-state index is 4.67. The Morgan fingerprint density at radius 2 is 2.27 bits per heavy atom. The van der Waals surface area contributed by atoms with Crippen LogP contribution in [0.25, 0.3) is 0 Å². The summed E-state index contributed by atoms with van der Waals surface area (Å²) in [5, 5.41) is 2.95. The molecule has 0 saturated heterocycles. The number of rotatable bonds is 2. The van der Waals surface area contributed by atoms with E-state index in [9.17, 15) is 0 Å². The highest BCUT2D eigenvalue weighted by Gasteiger charge is 1.95. The van der Waals surface area contributed by atoms with E-state index in [1.807, 2.05) is 25.1 Å². The largest absolute Gasteiger partial charge is 0.352 e. The second-order valence-corrected chi connectivity index (χ2v) is 3.34. The summed E-state index contributed by atoms with van der Waals surface area (Å²) < 4.78 is 1.04. The Morgan fingerprint density at radius 1 is 1.55 bits per heavy atom. The molecule has 0 aliphatic carbocycles. The fourth-order valence-corrected chi connectivity index (χ4v) is 1.54. The van der Waals surface area contributed by atoms with Crippen molar-refractivity contribution in [1.29, 1.82) is 0 Å². The van der Waals surface area contributed by atoms with Crippen molar-refractivity contribution in [1.82, 2.24) is 0 Å². The molecule has 1 N–H and O–H groups in total. The van der Waals surface area contributed by atoms with Crippen LogP contribution in [0.4, 0.5) is 5.69 Å². The molecule has 3 heteroatoms. The fourth-order valence-electron chi connectivity index (χ4n) is 0.801. The van der Waals surface area contributed by atoms with E-state index in [0.29, 0.717) is 0 Å². The molecule has 11 heavy (non-hydrogen) atoms. The highest BCUT2D eigenvalue weighted by molar-refractivity contribution is 9.10. The molecule has 1 nitrogen and oxygen atoms in total. The van der Waals surface area contributed by atoms with E-state index in [1.54, 1.807) is 0 Å². The van der Waals surface area contributed by atoms with Gasteiger partial charge in [0.05, 0.1) is 11.2 Å². The van der Waals surface area contributed by atoms with Gasteiger partial charge < -0.3 is 5.32 Å². The van der Waals surface area contributed by atoms with Gasteiger partial charge in [-0.05, 0) is 40.5 Å². The quantitative estimate of drug-likeness (QED) is 0.783. The molecule has 0 amide bonds. The zero-order valence-electron chi connectivity index (χ0n) is 6.10. The lowest BCUT2D eigenvalue weighted by Gasteiger charge is -2.02. The predicted molar refractivity (Wildman–Crippen MR) is 56.2 cm³/mol. The first-order valence-corrected chi connectivity index (χ1v) is 4.47. The van der Waals surface area contributed by atoms with Crippen LogP contribution in [0.2, 0.25) is 0 Å². The van der Waals surface area contributed by atoms with Crippen molar-refractivity contribution >= 4 is 39.3 Å². The summed E-state index contributed by atoms with van der Waals surface area (Å²) in [6.07, 6.45) is 0. The van der Waals surface area contributed by atoms with E-state index >= 15 is 0 Å². The average molecular weight is 230 g/mol. The molecule has 0 aliphatic heterocycles.